The second-order valence-electron chi connectivity index (χ2n) is 4.21. The summed E-state index contributed by atoms with van der Waals surface area (Å²) in [7, 11) is 2.04. The van der Waals surface area contributed by atoms with Crippen LogP contribution in [0.3, 0.4) is 0 Å². The van der Waals surface area contributed by atoms with Crippen LogP contribution in [0, 0.1) is 0 Å². The highest BCUT2D eigenvalue weighted by atomic mass is 32.2. The van der Waals surface area contributed by atoms with Gasteiger partial charge in [-0.15, -0.1) is 11.8 Å². The molecular formula is C15H19NS. The molecule has 0 heterocycles. The van der Waals surface area contributed by atoms with Crippen molar-refractivity contribution in [3.05, 3.63) is 42.5 Å². The maximum absolute atomic E-state index is 3.34. The summed E-state index contributed by atoms with van der Waals surface area (Å²) in [5.74, 6) is 1.13. The fourth-order valence-electron chi connectivity index (χ4n) is 1.86. The number of rotatable bonds is 5. The van der Waals surface area contributed by atoms with Crippen LogP contribution in [-0.4, -0.2) is 18.8 Å². The molecule has 0 aliphatic rings. The zero-order chi connectivity index (χ0) is 12.1. The van der Waals surface area contributed by atoms with Crippen LogP contribution < -0.4 is 5.32 Å². The number of hydrogen-bond acceptors (Lipinski definition) is 2. The summed E-state index contributed by atoms with van der Waals surface area (Å²) in [5, 5.41) is 5.98. The smallest absolute Gasteiger partial charge is 0.0156 e. The molecule has 0 amide bonds. The molecule has 1 N–H and O–H groups in total. The van der Waals surface area contributed by atoms with Gasteiger partial charge in [0.05, 0.1) is 0 Å². The molecule has 1 nitrogen and oxygen atoms in total. The van der Waals surface area contributed by atoms with Gasteiger partial charge in [0, 0.05) is 16.7 Å². The Bertz CT molecular complexity index is 477. The van der Waals surface area contributed by atoms with Gasteiger partial charge in [-0.3, -0.25) is 0 Å². The highest BCUT2D eigenvalue weighted by Gasteiger charge is 2.04. The standard InChI is InChI=1S/C15H19NS/c1-3-14(16-2)11-17-15-9-8-12-6-4-5-7-13(12)10-15/h4-10,14,16H,3,11H2,1-2H3. The van der Waals surface area contributed by atoms with E-state index >= 15 is 0 Å². The first-order chi connectivity index (χ1) is 8.33. The summed E-state index contributed by atoms with van der Waals surface area (Å²) < 4.78 is 0. The molecule has 0 aliphatic heterocycles. The molecule has 2 aromatic carbocycles. The highest BCUT2D eigenvalue weighted by molar-refractivity contribution is 7.99. The van der Waals surface area contributed by atoms with Crippen LogP contribution in [0.1, 0.15) is 13.3 Å². The van der Waals surface area contributed by atoms with E-state index in [9.17, 15) is 0 Å². The average Bonchev–Trinajstić information content (AvgIpc) is 2.40. The second-order valence-corrected chi connectivity index (χ2v) is 5.31. The van der Waals surface area contributed by atoms with Crippen LogP contribution in [-0.2, 0) is 0 Å². The molecule has 2 aromatic rings. The molecule has 0 spiro atoms. The van der Waals surface area contributed by atoms with Gasteiger partial charge in [-0.25, -0.2) is 0 Å². The van der Waals surface area contributed by atoms with Crippen molar-refractivity contribution in [2.75, 3.05) is 12.8 Å². The quantitative estimate of drug-likeness (QED) is 0.801. The fraction of sp³-hybridized carbons (Fsp3) is 0.333. The van der Waals surface area contributed by atoms with Gasteiger partial charge in [-0.1, -0.05) is 37.3 Å². The number of thioether (sulfide) groups is 1. The third kappa shape index (κ3) is 3.24. The molecule has 0 bridgehead atoms. The minimum absolute atomic E-state index is 0.603. The van der Waals surface area contributed by atoms with Crippen LogP contribution in [0.15, 0.2) is 47.4 Å². The van der Waals surface area contributed by atoms with Gasteiger partial charge in [-0.2, -0.15) is 0 Å². The second kappa shape index (κ2) is 6.08. The summed E-state index contributed by atoms with van der Waals surface area (Å²) >= 11 is 1.93. The van der Waals surface area contributed by atoms with Gasteiger partial charge in [0.15, 0.2) is 0 Å². The molecule has 90 valence electrons. The molecular weight excluding hydrogens is 226 g/mol. The van der Waals surface area contributed by atoms with Crippen molar-refractivity contribution < 1.29 is 0 Å². The molecule has 0 fully saturated rings. The lowest BCUT2D eigenvalue weighted by atomic mass is 10.1. The van der Waals surface area contributed by atoms with Crippen molar-refractivity contribution in [2.24, 2.45) is 0 Å². The van der Waals surface area contributed by atoms with Crippen molar-refractivity contribution in [1.29, 1.82) is 0 Å². The summed E-state index contributed by atoms with van der Waals surface area (Å²) in [5.41, 5.74) is 0. The molecule has 1 unspecified atom stereocenters. The van der Waals surface area contributed by atoms with Crippen molar-refractivity contribution in [3.63, 3.8) is 0 Å². The normalized spacial score (nSPS) is 12.8. The van der Waals surface area contributed by atoms with Crippen LogP contribution in [0.2, 0.25) is 0 Å². The Morgan fingerprint density at radius 3 is 2.59 bits per heavy atom. The van der Waals surface area contributed by atoms with Crippen LogP contribution in [0.5, 0.6) is 0 Å². The average molecular weight is 245 g/mol. The fourth-order valence-corrected chi connectivity index (χ4v) is 3.03. The lowest BCUT2D eigenvalue weighted by Gasteiger charge is -2.13. The van der Waals surface area contributed by atoms with E-state index in [4.69, 9.17) is 0 Å². The predicted octanol–water partition coefficient (Wildman–Crippen LogP) is 3.93. The molecule has 1 atom stereocenters. The summed E-state index contributed by atoms with van der Waals surface area (Å²) in [4.78, 5) is 1.36. The Hall–Kier alpha value is -0.990. The largest absolute Gasteiger partial charge is 0.316 e. The van der Waals surface area contributed by atoms with E-state index in [1.807, 2.05) is 18.8 Å². The molecule has 0 saturated heterocycles. The lowest BCUT2D eigenvalue weighted by molar-refractivity contribution is 0.602. The van der Waals surface area contributed by atoms with Crippen molar-refractivity contribution in [3.8, 4) is 0 Å². The zero-order valence-corrected chi connectivity index (χ0v) is 11.3. The Kier molecular flexibility index (Phi) is 4.46. The van der Waals surface area contributed by atoms with E-state index in [-0.39, 0.29) is 0 Å². The van der Waals surface area contributed by atoms with Crippen molar-refractivity contribution >= 4 is 22.5 Å². The minimum atomic E-state index is 0.603. The van der Waals surface area contributed by atoms with Gasteiger partial charge in [0.1, 0.15) is 0 Å². The number of benzene rings is 2. The van der Waals surface area contributed by atoms with Crippen LogP contribution in [0.4, 0.5) is 0 Å². The van der Waals surface area contributed by atoms with Crippen molar-refractivity contribution in [1.82, 2.24) is 5.32 Å². The zero-order valence-electron chi connectivity index (χ0n) is 10.4. The van der Waals surface area contributed by atoms with E-state index in [0.29, 0.717) is 6.04 Å². The Balaban J connectivity index is 2.09. The van der Waals surface area contributed by atoms with Crippen LogP contribution in [0.25, 0.3) is 10.8 Å². The number of fused-ring (bicyclic) bond motifs is 1. The molecule has 0 saturated carbocycles. The maximum Gasteiger partial charge on any atom is 0.0156 e. The molecule has 2 rings (SSSR count). The van der Waals surface area contributed by atoms with Crippen molar-refractivity contribution in [2.45, 2.75) is 24.3 Å². The monoisotopic (exact) mass is 245 g/mol. The number of hydrogen-bond donors (Lipinski definition) is 1. The summed E-state index contributed by atoms with van der Waals surface area (Å²) in [6, 6.07) is 15.8. The lowest BCUT2D eigenvalue weighted by Crippen LogP contribution is -2.26. The van der Waals surface area contributed by atoms with E-state index < -0.39 is 0 Å². The molecule has 0 aliphatic carbocycles. The first-order valence-electron chi connectivity index (χ1n) is 6.12. The van der Waals surface area contributed by atoms with E-state index in [0.717, 1.165) is 5.75 Å². The highest BCUT2D eigenvalue weighted by Crippen LogP contribution is 2.24. The molecule has 17 heavy (non-hydrogen) atoms. The number of nitrogens with one attached hydrogen (secondary N) is 1. The molecule has 0 aromatic heterocycles. The summed E-state index contributed by atoms with van der Waals surface area (Å²) in [6.07, 6.45) is 1.18. The Morgan fingerprint density at radius 1 is 1.12 bits per heavy atom. The summed E-state index contributed by atoms with van der Waals surface area (Å²) in [6.45, 7) is 2.22. The van der Waals surface area contributed by atoms with Crippen LogP contribution >= 0.6 is 11.8 Å². The van der Waals surface area contributed by atoms with Gasteiger partial charge in [0.2, 0.25) is 0 Å². The Labute approximate surface area is 108 Å². The third-order valence-corrected chi connectivity index (χ3v) is 4.23. The first-order valence-corrected chi connectivity index (χ1v) is 7.11. The topological polar surface area (TPSA) is 12.0 Å². The van der Waals surface area contributed by atoms with E-state index in [1.165, 1.54) is 22.1 Å². The van der Waals surface area contributed by atoms with E-state index in [2.05, 4.69) is 54.7 Å². The Morgan fingerprint density at radius 2 is 1.88 bits per heavy atom. The SMILES string of the molecule is CCC(CSc1ccc2ccccc2c1)NC. The van der Waals surface area contributed by atoms with E-state index in [1.54, 1.807) is 0 Å². The van der Waals surface area contributed by atoms with Gasteiger partial charge >= 0.3 is 0 Å². The van der Waals surface area contributed by atoms with Gasteiger partial charge < -0.3 is 5.32 Å². The molecule has 2 heteroatoms. The van der Waals surface area contributed by atoms with Gasteiger partial charge in [-0.05, 0) is 36.4 Å². The minimum Gasteiger partial charge on any atom is -0.316 e. The molecule has 0 radical (unpaired) electrons. The maximum atomic E-state index is 3.34. The first kappa shape index (κ1) is 12.5. The predicted molar refractivity (Wildman–Crippen MR) is 77.8 cm³/mol. The van der Waals surface area contributed by atoms with Gasteiger partial charge in [0.25, 0.3) is 0 Å². The third-order valence-electron chi connectivity index (χ3n) is 3.07.